The lowest BCUT2D eigenvalue weighted by atomic mass is 9.94. The zero-order valence-corrected chi connectivity index (χ0v) is 10.7. The Hall–Kier alpha value is -0.120. The van der Waals surface area contributed by atoms with Crippen LogP contribution in [0.4, 0.5) is 0 Å². The molecule has 3 nitrogen and oxygen atoms in total. The molecular formula is C12H27NO2. The summed E-state index contributed by atoms with van der Waals surface area (Å²) >= 11 is 0. The van der Waals surface area contributed by atoms with Gasteiger partial charge in [0.15, 0.2) is 0 Å². The van der Waals surface area contributed by atoms with Crippen LogP contribution in [0.5, 0.6) is 0 Å². The minimum absolute atomic E-state index is 0.695. The van der Waals surface area contributed by atoms with Crippen molar-refractivity contribution in [2.75, 3.05) is 40.5 Å². The van der Waals surface area contributed by atoms with Gasteiger partial charge in [0.2, 0.25) is 0 Å². The Morgan fingerprint density at radius 3 is 2.40 bits per heavy atom. The summed E-state index contributed by atoms with van der Waals surface area (Å²) in [7, 11) is 3.71. The van der Waals surface area contributed by atoms with Crippen LogP contribution in [0.1, 0.15) is 26.7 Å². The maximum atomic E-state index is 5.48. The van der Waals surface area contributed by atoms with E-state index in [2.05, 4.69) is 19.2 Å². The minimum Gasteiger partial charge on any atom is -0.382 e. The quantitative estimate of drug-likeness (QED) is 0.567. The van der Waals surface area contributed by atoms with Gasteiger partial charge in [0.1, 0.15) is 0 Å². The van der Waals surface area contributed by atoms with E-state index in [4.69, 9.17) is 9.47 Å². The summed E-state index contributed by atoms with van der Waals surface area (Å²) in [5, 5.41) is 3.24. The molecule has 0 aromatic carbocycles. The summed E-state index contributed by atoms with van der Waals surface area (Å²) in [6.07, 6.45) is 2.41. The second kappa shape index (κ2) is 10.4. The van der Waals surface area contributed by atoms with Crippen LogP contribution in [0.15, 0.2) is 0 Å². The van der Waals surface area contributed by atoms with Crippen LogP contribution in [-0.4, -0.2) is 40.5 Å². The molecule has 0 saturated heterocycles. The Balaban J connectivity index is 3.47. The van der Waals surface area contributed by atoms with Crippen molar-refractivity contribution in [3.8, 4) is 0 Å². The monoisotopic (exact) mass is 217 g/mol. The predicted molar refractivity (Wildman–Crippen MR) is 64.2 cm³/mol. The molecule has 3 heteroatoms. The first-order valence-electron chi connectivity index (χ1n) is 5.92. The standard InChI is InChI=1S/C12H27NO2/c1-11(2)9-12(10-13-3)5-6-15-8-7-14-4/h11-13H,5-10H2,1-4H3. The summed E-state index contributed by atoms with van der Waals surface area (Å²) in [6, 6.07) is 0. The molecule has 0 bridgehead atoms. The molecule has 15 heavy (non-hydrogen) atoms. The molecule has 1 atom stereocenters. The number of nitrogens with one attached hydrogen (secondary N) is 1. The van der Waals surface area contributed by atoms with Gasteiger partial charge in [-0.3, -0.25) is 0 Å². The highest BCUT2D eigenvalue weighted by atomic mass is 16.5. The van der Waals surface area contributed by atoms with Gasteiger partial charge < -0.3 is 14.8 Å². The van der Waals surface area contributed by atoms with Crippen LogP contribution in [0.25, 0.3) is 0 Å². The van der Waals surface area contributed by atoms with E-state index >= 15 is 0 Å². The molecule has 0 fully saturated rings. The van der Waals surface area contributed by atoms with Gasteiger partial charge in [-0.15, -0.1) is 0 Å². The van der Waals surface area contributed by atoms with Crippen molar-refractivity contribution in [2.24, 2.45) is 11.8 Å². The normalized spacial score (nSPS) is 13.4. The van der Waals surface area contributed by atoms with Gasteiger partial charge in [-0.2, -0.15) is 0 Å². The summed E-state index contributed by atoms with van der Waals surface area (Å²) in [5.74, 6) is 1.50. The summed E-state index contributed by atoms with van der Waals surface area (Å²) in [5.41, 5.74) is 0. The average molecular weight is 217 g/mol. The van der Waals surface area contributed by atoms with E-state index in [0.717, 1.165) is 31.4 Å². The van der Waals surface area contributed by atoms with E-state index in [1.165, 1.54) is 6.42 Å². The van der Waals surface area contributed by atoms with Gasteiger partial charge in [-0.25, -0.2) is 0 Å². The molecule has 0 aliphatic rings. The summed E-state index contributed by atoms with van der Waals surface area (Å²) in [4.78, 5) is 0. The van der Waals surface area contributed by atoms with Crippen LogP contribution in [0.3, 0.4) is 0 Å². The Kier molecular flexibility index (Phi) is 10.3. The molecule has 92 valence electrons. The Morgan fingerprint density at radius 2 is 1.87 bits per heavy atom. The zero-order chi connectivity index (χ0) is 11.5. The Labute approximate surface area is 94.5 Å². The predicted octanol–water partition coefficient (Wildman–Crippen LogP) is 1.92. The molecule has 0 aliphatic carbocycles. The Morgan fingerprint density at radius 1 is 1.13 bits per heavy atom. The minimum atomic E-state index is 0.695. The van der Waals surface area contributed by atoms with E-state index in [0.29, 0.717) is 13.2 Å². The average Bonchev–Trinajstić information content (AvgIpc) is 2.17. The van der Waals surface area contributed by atoms with Crippen molar-refractivity contribution >= 4 is 0 Å². The van der Waals surface area contributed by atoms with Crippen molar-refractivity contribution < 1.29 is 9.47 Å². The van der Waals surface area contributed by atoms with Crippen molar-refractivity contribution in [1.29, 1.82) is 0 Å². The van der Waals surface area contributed by atoms with E-state index < -0.39 is 0 Å². The molecule has 0 rings (SSSR count). The molecule has 0 amide bonds. The fourth-order valence-electron chi connectivity index (χ4n) is 1.75. The van der Waals surface area contributed by atoms with Crippen molar-refractivity contribution in [3.05, 3.63) is 0 Å². The number of hydrogen-bond acceptors (Lipinski definition) is 3. The van der Waals surface area contributed by atoms with Crippen LogP contribution >= 0.6 is 0 Å². The largest absolute Gasteiger partial charge is 0.382 e. The van der Waals surface area contributed by atoms with E-state index in [-0.39, 0.29) is 0 Å². The van der Waals surface area contributed by atoms with Gasteiger partial charge in [0.25, 0.3) is 0 Å². The van der Waals surface area contributed by atoms with Gasteiger partial charge >= 0.3 is 0 Å². The highest BCUT2D eigenvalue weighted by Gasteiger charge is 2.09. The highest BCUT2D eigenvalue weighted by molar-refractivity contribution is 4.63. The Bertz CT molecular complexity index is 129. The highest BCUT2D eigenvalue weighted by Crippen LogP contribution is 2.14. The smallest absolute Gasteiger partial charge is 0.0700 e. The fourth-order valence-corrected chi connectivity index (χ4v) is 1.75. The second-order valence-electron chi connectivity index (χ2n) is 4.45. The third kappa shape index (κ3) is 10.2. The van der Waals surface area contributed by atoms with Gasteiger partial charge in [-0.05, 0) is 38.3 Å². The number of hydrogen-bond donors (Lipinski definition) is 1. The number of ether oxygens (including phenoxy) is 2. The fraction of sp³-hybridized carbons (Fsp3) is 1.00. The van der Waals surface area contributed by atoms with Gasteiger partial charge in [0.05, 0.1) is 13.2 Å². The van der Waals surface area contributed by atoms with Crippen LogP contribution in [-0.2, 0) is 9.47 Å². The third-order valence-electron chi connectivity index (χ3n) is 2.40. The summed E-state index contributed by atoms with van der Waals surface area (Å²) < 4.78 is 10.4. The van der Waals surface area contributed by atoms with Gasteiger partial charge in [-0.1, -0.05) is 13.8 Å². The lowest BCUT2D eigenvalue weighted by Crippen LogP contribution is -2.22. The molecule has 1 N–H and O–H groups in total. The first-order valence-corrected chi connectivity index (χ1v) is 5.92. The van der Waals surface area contributed by atoms with E-state index in [1.54, 1.807) is 7.11 Å². The van der Waals surface area contributed by atoms with Crippen LogP contribution in [0, 0.1) is 11.8 Å². The lowest BCUT2D eigenvalue weighted by molar-refractivity contribution is 0.0624. The summed E-state index contributed by atoms with van der Waals surface area (Å²) in [6.45, 7) is 7.89. The topological polar surface area (TPSA) is 30.5 Å². The third-order valence-corrected chi connectivity index (χ3v) is 2.40. The van der Waals surface area contributed by atoms with Crippen LogP contribution < -0.4 is 5.32 Å². The number of methoxy groups -OCH3 is 1. The van der Waals surface area contributed by atoms with Crippen molar-refractivity contribution in [2.45, 2.75) is 26.7 Å². The molecule has 0 heterocycles. The van der Waals surface area contributed by atoms with E-state index in [9.17, 15) is 0 Å². The lowest BCUT2D eigenvalue weighted by Gasteiger charge is -2.18. The van der Waals surface area contributed by atoms with E-state index in [1.807, 2.05) is 7.05 Å². The second-order valence-corrected chi connectivity index (χ2v) is 4.45. The molecule has 0 spiro atoms. The van der Waals surface area contributed by atoms with Crippen LogP contribution in [0.2, 0.25) is 0 Å². The van der Waals surface area contributed by atoms with Crippen molar-refractivity contribution in [1.82, 2.24) is 5.32 Å². The zero-order valence-electron chi connectivity index (χ0n) is 10.7. The maximum absolute atomic E-state index is 5.48. The molecular weight excluding hydrogens is 190 g/mol. The molecule has 0 saturated carbocycles. The molecule has 0 radical (unpaired) electrons. The maximum Gasteiger partial charge on any atom is 0.0700 e. The SMILES string of the molecule is CNCC(CCOCCOC)CC(C)C. The molecule has 0 aromatic heterocycles. The first-order chi connectivity index (χ1) is 7.20. The number of rotatable bonds is 10. The molecule has 0 aliphatic heterocycles. The van der Waals surface area contributed by atoms with Gasteiger partial charge in [0, 0.05) is 13.7 Å². The molecule has 0 aromatic rings. The van der Waals surface area contributed by atoms with Crippen molar-refractivity contribution in [3.63, 3.8) is 0 Å². The molecule has 1 unspecified atom stereocenters. The first kappa shape index (κ1) is 14.9.